The zero-order valence-corrected chi connectivity index (χ0v) is 5.18. The summed E-state index contributed by atoms with van der Waals surface area (Å²) in [5.41, 5.74) is 0. The average molecular weight is 139 g/mol. The molecule has 0 fully saturated rings. The molecule has 0 radical (unpaired) electrons. The molecule has 0 aromatic carbocycles. The molecular formula is C4H7ClO3. The van der Waals surface area contributed by atoms with Gasteiger partial charge in [0, 0.05) is 5.88 Å². The molecule has 1 atom stereocenters. The summed E-state index contributed by atoms with van der Waals surface area (Å²) >= 11 is 5.21. The van der Waals surface area contributed by atoms with Crippen molar-refractivity contribution in [3.8, 4) is 0 Å². The maximum atomic E-state index is 10.2. The minimum atomic E-state index is -0.694. The molecule has 1 unspecified atom stereocenters. The Morgan fingerprint density at radius 2 is 2.50 bits per heavy atom. The average Bonchev–Trinajstić information content (AvgIpc) is 1.84. The van der Waals surface area contributed by atoms with Crippen LogP contribution in [0.4, 0.5) is 0 Å². The van der Waals surface area contributed by atoms with Crippen LogP contribution in [0.1, 0.15) is 6.92 Å². The van der Waals surface area contributed by atoms with Gasteiger partial charge in [-0.1, -0.05) is 6.92 Å². The van der Waals surface area contributed by atoms with Crippen LogP contribution in [0.15, 0.2) is 0 Å². The number of halogens is 1. The highest BCUT2D eigenvalue weighted by Gasteiger charge is 2.11. The molecule has 0 rings (SSSR count). The fourth-order valence-corrected chi connectivity index (χ4v) is 0.279. The Kier molecular flexibility index (Phi) is 3.56. The molecule has 48 valence electrons. The predicted molar refractivity (Wildman–Crippen MR) is 28.6 cm³/mol. The molecule has 0 aliphatic rings. The van der Waals surface area contributed by atoms with Crippen molar-refractivity contribution < 1.29 is 14.9 Å². The van der Waals surface area contributed by atoms with E-state index in [0.29, 0.717) is 0 Å². The molecule has 0 aliphatic heterocycles. The molecule has 0 aromatic heterocycles. The lowest BCUT2D eigenvalue weighted by molar-refractivity contribution is -0.237. The Balaban J connectivity index is 3.46. The summed E-state index contributed by atoms with van der Waals surface area (Å²) in [5.74, 6) is -0.957. The summed E-state index contributed by atoms with van der Waals surface area (Å²) in [6, 6.07) is 0. The number of hydrogen-bond acceptors (Lipinski definition) is 3. The van der Waals surface area contributed by atoms with Gasteiger partial charge in [0.15, 0.2) is 0 Å². The van der Waals surface area contributed by atoms with E-state index in [0.717, 1.165) is 0 Å². The Labute approximate surface area is 52.1 Å². The van der Waals surface area contributed by atoms with Gasteiger partial charge in [0.25, 0.3) is 0 Å². The van der Waals surface area contributed by atoms with E-state index in [1.54, 1.807) is 6.92 Å². The fraction of sp³-hybridized carbons (Fsp3) is 0.750. The number of rotatable bonds is 2. The van der Waals surface area contributed by atoms with Crippen LogP contribution < -0.4 is 0 Å². The molecule has 0 spiro atoms. The molecule has 0 aromatic rings. The summed E-state index contributed by atoms with van der Waals surface area (Å²) in [7, 11) is 0. The Morgan fingerprint density at radius 3 is 2.62 bits per heavy atom. The van der Waals surface area contributed by atoms with Crippen molar-refractivity contribution in [3.63, 3.8) is 0 Å². The lowest BCUT2D eigenvalue weighted by Gasteiger charge is -1.98. The highest BCUT2D eigenvalue weighted by molar-refractivity contribution is 6.19. The molecule has 4 heteroatoms. The van der Waals surface area contributed by atoms with Crippen molar-refractivity contribution in [2.45, 2.75) is 6.92 Å². The van der Waals surface area contributed by atoms with Crippen molar-refractivity contribution in [2.75, 3.05) is 5.88 Å². The van der Waals surface area contributed by atoms with Crippen LogP contribution in [0.2, 0.25) is 0 Å². The summed E-state index contributed by atoms with van der Waals surface area (Å²) in [4.78, 5) is 13.6. The van der Waals surface area contributed by atoms with Gasteiger partial charge in [0.1, 0.15) is 0 Å². The number of alkyl halides is 1. The van der Waals surface area contributed by atoms with Gasteiger partial charge in [-0.15, -0.1) is 11.6 Å². The molecular weight excluding hydrogens is 131 g/mol. The van der Waals surface area contributed by atoms with Crippen molar-refractivity contribution in [1.29, 1.82) is 0 Å². The Morgan fingerprint density at radius 1 is 2.00 bits per heavy atom. The van der Waals surface area contributed by atoms with Gasteiger partial charge in [-0.25, -0.2) is 4.79 Å². The van der Waals surface area contributed by atoms with Crippen molar-refractivity contribution >= 4 is 17.6 Å². The molecule has 0 aliphatic carbocycles. The maximum Gasteiger partial charge on any atom is 0.346 e. The van der Waals surface area contributed by atoms with Crippen LogP contribution in [-0.2, 0) is 9.68 Å². The Hall–Kier alpha value is -0.280. The van der Waals surface area contributed by atoms with Crippen LogP contribution in [0.5, 0.6) is 0 Å². The minimum Gasteiger partial charge on any atom is -0.301 e. The van der Waals surface area contributed by atoms with Gasteiger partial charge < -0.3 is 4.89 Å². The second-order valence-electron chi connectivity index (χ2n) is 1.47. The minimum absolute atomic E-state index is 0.166. The quantitative estimate of drug-likeness (QED) is 0.350. The van der Waals surface area contributed by atoms with E-state index in [-0.39, 0.29) is 5.88 Å². The first-order valence-electron chi connectivity index (χ1n) is 2.13. The summed E-state index contributed by atoms with van der Waals surface area (Å²) < 4.78 is 0. The van der Waals surface area contributed by atoms with Gasteiger partial charge in [-0.3, -0.25) is 0 Å². The van der Waals surface area contributed by atoms with Crippen LogP contribution >= 0.6 is 11.6 Å². The van der Waals surface area contributed by atoms with E-state index in [9.17, 15) is 4.79 Å². The van der Waals surface area contributed by atoms with E-state index >= 15 is 0 Å². The van der Waals surface area contributed by atoms with Crippen LogP contribution in [0.25, 0.3) is 0 Å². The zero-order chi connectivity index (χ0) is 6.57. The van der Waals surface area contributed by atoms with Crippen molar-refractivity contribution in [3.05, 3.63) is 0 Å². The topological polar surface area (TPSA) is 46.5 Å². The first-order valence-corrected chi connectivity index (χ1v) is 2.67. The molecule has 0 saturated carbocycles. The standard InChI is InChI=1S/C4H7ClO3/c1-3(2-5)4(6)8-7/h3,7H,2H2,1H3. The normalized spacial score (nSPS) is 12.9. The van der Waals surface area contributed by atoms with E-state index in [4.69, 9.17) is 16.9 Å². The molecule has 0 heterocycles. The van der Waals surface area contributed by atoms with Crippen LogP contribution in [0, 0.1) is 5.92 Å². The smallest absolute Gasteiger partial charge is 0.301 e. The van der Waals surface area contributed by atoms with E-state index in [1.807, 2.05) is 0 Å². The monoisotopic (exact) mass is 138 g/mol. The maximum absolute atomic E-state index is 10.2. The third-order valence-electron chi connectivity index (χ3n) is 0.724. The third-order valence-corrected chi connectivity index (χ3v) is 1.19. The highest BCUT2D eigenvalue weighted by Crippen LogP contribution is 1.98. The largest absolute Gasteiger partial charge is 0.346 e. The van der Waals surface area contributed by atoms with Gasteiger partial charge >= 0.3 is 5.97 Å². The van der Waals surface area contributed by atoms with Crippen LogP contribution in [-0.4, -0.2) is 17.1 Å². The predicted octanol–water partition coefficient (Wildman–Crippen LogP) is 0.877. The van der Waals surface area contributed by atoms with E-state index in [1.165, 1.54) is 0 Å². The van der Waals surface area contributed by atoms with Crippen LogP contribution in [0.3, 0.4) is 0 Å². The highest BCUT2D eigenvalue weighted by atomic mass is 35.5. The first-order chi connectivity index (χ1) is 3.72. The second-order valence-corrected chi connectivity index (χ2v) is 1.77. The lowest BCUT2D eigenvalue weighted by Crippen LogP contribution is -2.13. The third kappa shape index (κ3) is 2.14. The molecule has 0 bridgehead atoms. The molecule has 3 nitrogen and oxygen atoms in total. The SMILES string of the molecule is CC(CCl)C(=O)OO. The summed E-state index contributed by atoms with van der Waals surface area (Å²) in [6.45, 7) is 1.56. The van der Waals surface area contributed by atoms with Gasteiger partial charge in [0.05, 0.1) is 5.92 Å². The fourth-order valence-electron chi connectivity index (χ4n) is 0.153. The van der Waals surface area contributed by atoms with Gasteiger partial charge in [-0.05, 0) is 0 Å². The van der Waals surface area contributed by atoms with Gasteiger partial charge in [-0.2, -0.15) is 5.26 Å². The zero-order valence-electron chi connectivity index (χ0n) is 4.43. The molecule has 0 amide bonds. The number of hydrogen-bond donors (Lipinski definition) is 1. The first kappa shape index (κ1) is 7.72. The molecule has 1 N–H and O–H groups in total. The van der Waals surface area contributed by atoms with Gasteiger partial charge in [0.2, 0.25) is 0 Å². The summed E-state index contributed by atoms with van der Waals surface area (Å²) in [5, 5.41) is 7.73. The molecule has 0 saturated heterocycles. The van der Waals surface area contributed by atoms with E-state index in [2.05, 4.69) is 4.89 Å². The summed E-state index contributed by atoms with van der Waals surface area (Å²) in [6.07, 6.45) is 0. The number of carbonyl (C=O) groups is 1. The van der Waals surface area contributed by atoms with E-state index < -0.39 is 11.9 Å². The van der Waals surface area contributed by atoms with Crippen molar-refractivity contribution in [1.82, 2.24) is 0 Å². The number of carbonyl (C=O) groups excluding carboxylic acids is 1. The van der Waals surface area contributed by atoms with Crippen molar-refractivity contribution in [2.24, 2.45) is 5.92 Å². The lowest BCUT2D eigenvalue weighted by atomic mass is 10.2. The second kappa shape index (κ2) is 3.69. The molecule has 8 heavy (non-hydrogen) atoms. The Bertz CT molecular complexity index is 83.4.